The molecule has 2 unspecified atom stereocenters. The van der Waals surface area contributed by atoms with Gasteiger partial charge in [-0.1, -0.05) is 6.42 Å². The van der Waals surface area contributed by atoms with Gasteiger partial charge in [-0.25, -0.2) is 0 Å². The molecule has 0 aromatic heterocycles. The molecule has 0 aromatic rings. The van der Waals surface area contributed by atoms with Crippen molar-refractivity contribution in [3.8, 4) is 0 Å². The van der Waals surface area contributed by atoms with E-state index in [1.54, 1.807) is 7.11 Å². The Bertz CT molecular complexity index is 365. The van der Waals surface area contributed by atoms with Gasteiger partial charge in [-0.15, -0.1) is 24.8 Å². The largest absolute Gasteiger partial charge is 0.368 e. The Labute approximate surface area is 145 Å². The maximum atomic E-state index is 12.7. The number of nitrogens with one attached hydrogen (secondary N) is 2. The molecule has 130 valence electrons. The number of fused-ring (bicyclic) bond motifs is 1. The van der Waals surface area contributed by atoms with Crippen molar-refractivity contribution in [2.75, 3.05) is 33.3 Å². The number of ether oxygens (including phenoxy) is 1. The molecule has 5 nitrogen and oxygen atoms in total. The summed E-state index contributed by atoms with van der Waals surface area (Å²) in [4.78, 5) is 15.3. The Morgan fingerprint density at radius 3 is 2.59 bits per heavy atom. The molecular weight excluding hydrogens is 325 g/mol. The molecule has 3 fully saturated rings. The normalized spacial score (nSPS) is 30.6. The second-order valence-electron chi connectivity index (χ2n) is 6.42. The van der Waals surface area contributed by atoms with Crippen molar-refractivity contribution >= 4 is 30.7 Å². The van der Waals surface area contributed by atoms with E-state index in [0.29, 0.717) is 12.1 Å². The summed E-state index contributed by atoms with van der Waals surface area (Å²) < 4.78 is 5.62. The number of hydrogen-bond donors (Lipinski definition) is 2. The van der Waals surface area contributed by atoms with E-state index >= 15 is 0 Å². The number of rotatable bonds is 3. The summed E-state index contributed by atoms with van der Waals surface area (Å²) in [6.07, 6.45) is 6.48. The smallest absolute Gasteiger partial charge is 0.252 e. The zero-order chi connectivity index (χ0) is 14.0. The number of nitrogens with zero attached hydrogens (tertiary/aromatic N) is 1. The van der Waals surface area contributed by atoms with Gasteiger partial charge in [0.05, 0.1) is 0 Å². The molecule has 3 rings (SSSR count). The van der Waals surface area contributed by atoms with Gasteiger partial charge < -0.3 is 15.4 Å². The minimum atomic E-state index is -0.604. The molecule has 3 heterocycles. The van der Waals surface area contributed by atoms with Crippen LogP contribution in [-0.2, 0) is 9.53 Å². The average molecular weight is 354 g/mol. The summed E-state index contributed by atoms with van der Waals surface area (Å²) >= 11 is 0. The molecule has 0 aromatic carbocycles. The van der Waals surface area contributed by atoms with Crippen LogP contribution in [0.5, 0.6) is 0 Å². The van der Waals surface area contributed by atoms with Crippen molar-refractivity contribution in [2.24, 2.45) is 0 Å². The average Bonchev–Trinajstić information content (AvgIpc) is 2.91. The second-order valence-corrected chi connectivity index (χ2v) is 6.42. The third kappa shape index (κ3) is 3.88. The maximum Gasteiger partial charge on any atom is 0.252 e. The highest BCUT2D eigenvalue weighted by atomic mass is 35.5. The van der Waals surface area contributed by atoms with Gasteiger partial charge in [-0.05, 0) is 51.7 Å². The molecule has 0 radical (unpaired) electrons. The van der Waals surface area contributed by atoms with Gasteiger partial charge in [0.1, 0.15) is 5.60 Å². The van der Waals surface area contributed by atoms with E-state index in [9.17, 15) is 4.79 Å². The molecule has 1 amide bonds. The highest BCUT2D eigenvalue weighted by Gasteiger charge is 2.43. The molecule has 3 saturated heterocycles. The summed E-state index contributed by atoms with van der Waals surface area (Å²) in [6.45, 7) is 4.07. The molecule has 2 atom stereocenters. The lowest BCUT2D eigenvalue weighted by Gasteiger charge is -2.37. The van der Waals surface area contributed by atoms with Gasteiger partial charge in [0.15, 0.2) is 0 Å². The van der Waals surface area contributed by atoms with Crippen LogP contribution >= 0.6 is 24.8 Å². The summed E-state index contributed by atoms with van der Waals surface area (Å²) in [6, 6.07) is 0.882. The van der Waals surface area contributed by atoms with E-state index in [4.69, 9.17) is 4.74 Å². The molecule has 0 bridgehead atoms. The van der Waals surface area contributed by atoms with Crippen LogP contribution in [0.25, 0.3) is 0 Å². The number of piperidine rings is 2. The van der Waals surface area contributed by atoms with Crippen LogP contribution in [0.4, 0.5) is 0 Å². The third-order valence-corrected chi connectivity index (χ3v) is 5.39. The Hall–Kier alpha value is -0.0700. The standard InChI is InChI=1S/C15H27N3O2.2ClH/c1-20-15(6-8-16-9-7-15)14(19)17-12-5-11-18-10-3-2-4-13(12)18;;/h12-13,16H,2-11H2,1H3,(H,17,19);2*1H. The van der Waals surface area contributed by atoms with Crippen LogP contribution in [0.1, 0.15) is 38.5 Å². The number of carbonyl (C=O) groups is 1. The van der Waals surface area contributed by atoms with Crippen molar-refractivity contribution < 1.29 is 9.53 Å². The van der Waals surface area contributed by atoms with Crippen LogP contribution in [0.3, 0.4) is 0 Å². The first-order chi connectivity index (χ1) is 9.75. The predicted octanol–water partition coefficient (Wildman–Crippen LogP) is 1.34. The van der Waals surface area contributed by atoms with Crippen molar-refractivity contribution in [1.82, 2.24) is 15.5 Å². The fraction of sp³-hybridized carbons (Fsp3) is 0.933. The monoisotopic (exact) mass is 353 g/mol. The zero-order valence-electron chi connectivity index (χ0n) is 13.3. The van der Waals surface area contributed by atoms with Gasteiger partial charge in [0.25, 0.3) is 5.91 Å². The number of amides is 1. The van der Waals surface area contributed by atoms with E-state index in [-0.39, 0.29) is 30.7 Å². The quantitative estimate of drug-likeness (QED) is 0.803. The summed E-state index contributed by atoms with van der Waals surface area (Å²) in [5.41, 5.74) is -0.604. The zero-order valence-corrected chi connectivity index (χ0v) is 14.9. The van der Waals surface area contributed by atoms with Crippen molar-refractivity contribution in [3.63, 3.8) is 0 Å². The SMILES string of the molecule is COC1(C(=O)NC2CCN3CCCCC23)CCNCC1.Cl.Cl. The first kappa shape index (κ1) is 20.0. The predicted molar refractivity (Wildman–Crippen MR) is 92.1 cm³/mol. The lowest BCUT2D eigenvalue weighted by atomic mass is 9.90. The summed E-state index contributed by atoms with van der Waals surface area (Å²) in [5.74, 6) is 0.110. The number of hydrogen-bond acceptors (Lipinski definition) is 4. The molecule has 7 heteroatoms. The summed E-state index contributed by atoms with van der Waals surface area (Å²) in [5, 5.41) is 6.61. The molecule has 3 aliphatic heterocycles. The van der Waals surface area contributed by atoms with Crippen LogP contribution in [0, 0.1) is 0 Å². The van der Waals surface area contributed by atoms with Gasteiger partial charge in [0, 0.05) is 25.7 Å². The molecule has 0 saturated carbocycles. The van der Waals surface area contributed by atoms with Gasteiger partial charge in [-0.2, -0.15) is 0 Å². The fourth-order valence-corrected chi connectivity index (χ4v) is 4.07. The van der Waals surface area contributed by atoms with Crippen molar-refractivity contribution in [3.05, 3.63) is 0 Å². The maximum absolute atomic E-state index is 12.7. The van der Waals surface area contributed by atoms with Crippen LogP contribution < -0.4 is 10.6 Å². The Kier molecular flexibility index (Phi) is 7.89. The number of methoxy groups -OCH3 is 1. The van der Waals surface area contributed by atoms with E-state index in [1.807, 2.05) is 0 Å². The van der Waals surface area contributed by atoms with Gasteiger partial charge >= 0.3 is 0 Å². The lowest BCUT2D eigenvalue weighted by Crippen LogP contribution is -2.58. The first-order valence-corrected chi connectivity index (χ1v) is 8.06. The molecular formula is C15H29Cl2N3O2. The minimum Gasteiger partial charge on any atom is -0.368 e. The van der Waals surface area contributed by atoms with Crippen molar-refractivity contribution in [2.45, 2.75) is 56.2 Å². The van der Waals surface area contributed by atoms with E-state index in [2.05, 4.69) is 15.5 Å². The number of halogens is 2. The summed E-state index contributed by atoms with van der Waals surface area (Å²) in [7, 11) is 1.67. The van der Waals surface area contributed by atoms with Crippen molar-refractivity contribution in [1.29, 1.82) is 0 Å². The Balaban J connectivity index is 0.00000121. The van der Waals surface area contributed by atoms with E-state index in [1.165, 1.54) is 25.8 Å². The topological polar surface area (TPSA) is 53.6 Å². The highest BCUT2D eigenvalue weighted by Crippen LogP contribution is 2.29. The number of carbonyl (C=O) groups excluding carboxylic acids is 1. The fourth-order valence-electron chi connectivity index (χ4n) is 4.07. The molecule has 2 N–H and O–H groups in total. The molecule has 0 aliphatic carbocycles. The first-order valence-electron chi connectivity index (χ1n) is 8.06. The van der Waals surface area contributed by atoms with E-state index < -0.39 is 5.60 Å². The van der Waals surface area contributed by atoms with Crippen LogP contribution in [0.15, 0.2) is 0 Å². The van der Waals surface area contributed by atoms with Crippen LogP contribution in [0.2, 0.25) is 0 Å². The second kappa shape index (κ2) is 8.69. The highest BCUT2D eigenvalue weighted by molar-refractivity contribution is 5.86. The van der Waals surface area contributed by atoms with Crippen LogP contribution in [-0.4, -0.2) is 61.8 Å². The Morgan fingerprint density at radius 2 is 1.91 bits per heavy atom. The van der Waals surface area contributed by atoms with Gasteiger partial charge in [0.2, 0.25) is 0 Å². The van der Waals surface area contributed by atoms with Gasteiger partial charge in [-0.3, -0.25) is 9.69 Å². The molecule has 3 aliphatic rings. The molecule has 0 spiro atoms. The molecule has 22 heavy (non-hydrogen) atoms. The lowest BCUT2D eigenvalue weighted by molar-refractivity contribution is -0.147. The van der Waals surface area contributed by atoms with E-state index in [0.717, 1.165) is 38.9 Å². The Morgan fingerprint density at radius 1 is 1.18 bits per heavy atom. The minimum absolute atomic E-state index is 0. The third-order valence-electron chi connectivity index (χ3n) is 5.39.